The van der Waals surface area contributed by atoms with Gasteiger partial charge in [-0.25, -0.2) is 13.2 Å². The van der Waals surface area contributed by atoms with Crippen molar-refractivity contribution in [1.29, 1.82) is 0 Å². The van der Waals surface area contributed by atoms with Crippen LogP contribution in [0, 0.1) is 5.92 Å². The molecule has 1 aliphatic heterocycles. The van der Waals surface area contributed by atoms with Gasteiger partial charge in [-0.3, -0.25) is 4.79 Å². The van der Waals surface area contributed by atoms with Crippen molar-refractivity contribution in [3.8, 4) is 5.75 Å². The van der Waals surface area contributed by atoms with E-state index in [2.05, 4.69) is 12.2 Å². The number of esters is 1. The monoisotopic (exact) mass is 522 g/mol. The van der Waals surface area contributed by atoms with E-state index in [0.717, 1.165) is 29.7 Å². The SMILES string of the molecule is CCOC(=O)c1c(NC(=O)c2ccc(OC)c(S(=O)(=O)N3CCOCC3)c2)sc2c1CC[C@H](C)C2. The van der Waals surface area contributed by atoms with E-state index >= 15 is 0 Å². The Labute approximate surface area is 209 Å². The van der Waals surface area contributed by atoms with Crippen LogP contribution in [-0.2, 0) is 32.3 Å². The Morgan fingerprint density at radius 1 is 1.26 bits per heavy atom. The molecular formula is C24H30N2O7S2. The highest BCUT2D eigenvalue weighted by Crippen LogP contribution is 2.40. The molecule has 1 aromatic heterocycles. The van der Waals surface area contributed by atoms with Crippen LogP contribution in [-0.4, -0.2) is 64.6 Å². The topological polar surface area (TPSA) is 111 Å². The van der Waals surface area contributed by atoms with Gasteiger partial charge in [-0.05, 0) is 55.9 Å². The van der Waals surface area contributed by atoms with Gasteiger partial charge in [0.25, 0.3) is 5.91 Å². The molecule has 0 unspecified atom stereocenters. The summed E-state index contributed by atoms with van der Waals surface area (Å²) in [4.78, 5) is 27.0. The molecule has 1 aliphatic carbocycles. The molecule has 2 heterocycles. The maximum absolute atomic E-state index is 13.3. The van der Waals surface area contributed by atoms with Gasteiger partial charge >= 0.3 is 5.97 Å². The van der Waals surface area contributed by atoms with Crippen LogP contribution in [0.5, 0.6) is 5.75 Å². The predicted molar refractivity (Wildman–Crippen MR) is 132 cm³/mol. The summed E-state index contributed by atoms with van der Waals surface area (Å²) in [7, 11) is -2.51. The lowest BCUT2D eigenvalue weighted by Gasteiger charge is -2.26. The highest BCUT2D eigenvalue weighted by atomic mass is 32.2. The fraction of sp³-hybridized carbons (Fsp3) is 0.500. The van der Waals surface area contributed by atoms with E-state index in [1.54, 1.807) is 6.92 Å². The number of thiophene rings is 1. The van der Waals surface area contributed by atoms with Gasteiger partial charge < -0.3 is 19.5 Å². The first kappa shape index (κ1) is 25.6. The van der Waals surface area contributed by atoms with Crippen molar-refractivity contribution in [2.75, 3.05) is 45.3 Å². The second-order valence-electron chi connectivity index (χ2n) is 8.61. The smallest absolute Gasteiger partial charge is 0.341 e. The molecule has 1 saturated heterocycles. The average molecular weight is 523 g/mol. The quantitative estimate of drug-likeness (QED) is 0.555. The van der Waals surface area contributed by atoms with Crippen molar-refractivity contribution in [2.45, 2.75) is 38.0 Å². The molecule has 190 valence electrons. The number of nitrogens with zero attached hydrogens (tertiary/aromatic N) is 1. The summed E-state index contributed by atoms with van der Waals surface area (Å²) in [6, 6.07) is 4.29. The molecule has 1 aromatic carbocycles. The number of benzene rings is 1. The molecule has 0 radical (unpaired) electrons. The van der Waals surface area contributed by atoms with E-state index < -0.39 is 21.9 Å². The lowest BCUT2D eigenvalue weighted by Crippen LogP contribution is -2.40. The van der Waals surface area contributed by atoms with E-state index in [1.165, 1.54) is 41.0 Å². The van der Waals surface area contributed by atoms with Crippen LogP contribution >= 0.6 is 11.3 Å². The van der Waals surface area contributed by atoms with Gasteiger partial charge in [0.15, 0.2) is 0 Å². The summed E-state index contributed by atoms with van der Waals surface area (Å²) >= 11 is 1.39. The third-order valence-corrected chi connectivity index (χ3v) is 9.32. The molecule has 35 heavy (non-hydrogen) atoms. The first-order valence-electron chi connectivity index (χ1n) is 11.6. The molecule has 1 atom stereocenters. The van der Waals surface area contributed by atoms with E-state index in [9.17, 15) is 18.0 Å². The van der Waals surface area contributed by atoms with E-state index in [0.29, 0.717) is 29.7 Å². The molecule has 2 aliphatic rings. The summed E-state index contributed by atoms with van der Waals surface area (Å²) in [6.45, 7) is 5.20. The molecule has 2 aromatic rings. The molecule has 4 rings (SSSR count). The molecule has 0 bridgehead atoms. The zero-order valence-electron chi connectivity index (χ0n) is 20.1. The maximum Gasteiger partial charge on any atom is 0.341 e. The molecular weight excluding hydrogens is 492 g/mol. The predicted octanol–water partition coefficient (Wildman–Crippen LogP) is 3.33. The average Bonchev–Trinajstić information content (AvgIpc) is 3.21. The number of carbonyl (C=O) groups is 2. The second-order valence-corrected chi connectivity index (χ2v) is 11.6. The van der Waals surface area contributed by atoms with Crippen molar-refractivity contribution in [3.05, 3.63) is 39.8 Å². The van der Waals surface area contributed by atoms with Gasteiger partial charge in [0, 0.05) is 23.5 Å². The van der Waals surface area contributed by atoms with Crippen LogP contribution in [0.3, 0.4) is 0 Å². The molecule has 11 heteroatoms. The molecule has 1 amide bonds. The number of hydrogen-bond donors (Lipinski definition) is 1. The number of fused-ring (bicyclic) bond motifs is 1. The number of amides is 1. The van der Waals surface area contributed by atoms with Crippen molar-refractivity contribution < 1.29 is 32.2 Å². The minimum Gasteiger partial charge on any atom is -0.495 e. The van der Waals surface area contributed by atoms with Gasteiger partial charge in [0.2, 0.25) is 10.0 Å². The molecule has 1 fully saturated rings. The van der Waals surface area contributed by atoms with Crippen LogP contribution in [0.15, 0.2) is 23.1 Å². The lowest BCUT2D eigenvalue weighted by molar-refractivity contribution is 0.0526. The first-order valence-corrected chi connectivity index (χ1v) is 13.9. The summed E-state index contributed by atoms with van der Waals surface area (Å²) < 4.78 is 43.7. The zero-order valence-corrected chi connectivity index (χ0v) is 21.7. The largest absolute Gasteiger partial charge is 0.495 e. The number of rotatable bonds is 7. The summed E-state index contributed by atoms with van der Waals surface area (Å²) in [6.07, 6.45) is 2.55. The van der Waals surface area contributed by atoms with Gasteiger partial charge in [0.05, 0.1) is 32.5 Å². The Hall–Kier alpha value is -2.47. The Morgan fingerprint density at radius 3 is 2.69 bits per heavy atom. The van der Waals surface area contributed by atoms with E-state index in [1.807, 2.05) is 0 Å². The highest BCUT2D eigenvalue weighted by molar-refractivity contribution is 7.89. The van der Waals surface area contributed by atoms with Gasteiger partial charge in [-0.2, -0.15) is 4.31 Å². The van der Waals surface area contributed by atoms with Crippen LogP contribution in [0.4, 0.5) is 5.00 Å². The third kappa shape index (κ3) is 5.23. The van der Waals surface area contributed by atoms with E-state index in [-0.39, 0.29) is 35.9 Å². The maximum atomic E-state index is 13.3. The van der Waals surface area contributed by atoms with Gasteiger partial charge in [0.1, 0.15) is 15.6 Å². The van der Waals surface area contributed by atoms with Crippen molar-refractivity contribution in [2.24, 2.45) is 5.92 Å². The molecule has 0 spiro atoms. The molecule has 0 saturated carbocycles. The number of nitrogens with one attached hydrogen (secondary N) is 1. The van der Waals surface area contributed by atoms with Crippen molar-refractivity contribution >= 4 is 38.2 Å². The minimum atomic E-state index is -3.89. The Kier molecular flexibility index (Phi) is 7.80. The van der Waals surface area contributed by atoms with Gasteiger partial charge in [-0.1, -0.05) is 6.92 Å². The van der Waals surface area contributed by atoms with Crippen LogP contribution < -0.4 is 10.1 Å². The minimum absolute atomic E-state index is 0.0838. The Morgan fingerprint density at radius 2 is 2.00 bits per heavy atom. The second kappa shape index (κ2) is 10.7. The fourth-order valence-electron chi connectivity index (χ4n) is 4.38. The number of anilines is 1. The summed E-state index contributed by atoms with van der Waals surface area (Å²) in [5, 5.41) is 3.27. The zero-order chi connectivity index (χ0) is 25.2. The third-order valence-electron chi connectivity index (χ3n) is 6.23. The van der Waals surface area contributed by atoms with Crippen molar-refractivity contribution in [1.82, 2.24) is 4.31 Å². The molecule has 9 nitrogen and oxygen atoms in total. The van der Waals surface area contributed by atoms with E-state index in [4.69, 9.17) is 14.2 Å². The summed E-state index contributed by atoms with van der Waals surface area (Å²) in [5.41, 5.74) is 1.49. The van der Waals surface area contributed by atoms with Crippen molar-refractivity contribution in [3.63, 3.8) is 0 Å². The number of sulfonamides is 1. The Balaban J connectivity index is 1.67. The first-order chi connectivity index (χ1) is 16.8. The van der Waals surface area contributed by atoms with Crippen LogP contribution in [0.2, 0.25) is 0 Å². The van der Waals surface area contributed by atoms with Gasteiger partial charge in [-0.15, -0.1) is 11.3 Å². The van der Waals surface area contributed by atoms with Crippen LogP contribution in [0.1, 0.15) is 51.4 Å². The number of methoxy groups -OCH3 is 1. The molecule has 1 N–H and O–H groups in total. The van der Waals surface area contributed by atoms with Crippen LogP contribution in [0.25, 0.3) is 0 Å². The summed E-state index contributed by atoms with van der Waals surface area (Å²) in [5.74, 6) is -0.321. The number of morpholine rings is 1. The fourth-order valence-corrected chi connectivity index (χ4v) is 7.36. The normalized spacial score (nSPS) is 18.5. The number of ether oxygens (including phenoxy) is 3. The number of hydrogen-bond acceptors (Lipinski definition) is 8. The number of carbonyl (C=O) groups excluding carboxylic acids is 2. The highest BCUT2D eigenvalue weighted by Gasteiger charge is 2.32. The Bertz CT molecular complexity index is 1220. The standard InChI is InChI=1S/C24H30N2O7S2/c1-4-33-24(28)21-17-7-5-15(2)13-19(17)34-23(21)25-22(27)16-6-8-18(31-3)20(14-16)35(29,30)26-9-11-32-12-10-26/h6,8,14-15H,4-5,7,9-13H2,1-3H3,(H,25,27)/t15-/m0/s1. The lowest BCUT2D eigenvalue weighted by atomic mass is 9.88.